The van der Waals surface area contributed by atoms with E-state index in [1.807, 2.05) is 6.07 Å². The molecule has 2 N–H and O–H groups in total. The fourth-order valence-electron chi connectivity index (χ4n) is 4.30. The van der Waals surface area contributed by atoms with Gasteiger partial charge in [0.05, 0.1) is 0 Å². The zero-order valence-electron chi connectivity index (χ0n) is 15.5. The number of ether oxygens (including phenoxy) is 2. The molecule has 5 heteroatoms. The molecule has 0 saturated heterocycles. The molecule has 0 atom stereocenters. The third kappa shape index (κ3) is 4.50. The van der Waals surface area contributed by atoms with Crippen LogP contribution in [0.4, 0.5) is 0 Å². The summed E-state index contributed by atoms with van der Waals surface area (Å²) in [6.07, 6.45) is 9.20. The molecule has 5 nitrogen and oxygen atoms in total. The van der Waals surface area contributed by atoms with Gasteiger partial charge in [0.1, 0.15) is 13.2 Å². The van der Waals surface area contributed by atoms with E-state index in [0.717, 1.165) is 37.3 Å². The molecule has 1 heterocycles. The van der Waals surface area contributed by atoms with Crippen molar-refractivity contribution in [2.75, 3.05) is 13.2 Å². The lowest BCUT2D eigenvalue weighted by Crippen LogP contribution is -2.52. The van der Waals surface area contributed by atoms with Crippen molar-refractivity contribution >= 4 is 5.91 Å². The lowest BCUT2D eigenvalue weighted by Gasteiger charge is -2.37. The summed E-state index contributed by atoms with van der Waals surface area (Å²) in [6, 6.07) is 6.97. The highest BCUT2D eigenvalue weighted by molar-refractivity contribution is 5.76. The molecule has 3 aliphatic rings. The molecule has 0 unspecified atom stereocenters. The predicted octanol–water partition coefficient (Wildman–Crippen LogP) is 3.17. The van der Waals surface area contributed by atoms with E-state index in [2.05, 4.69) is 22.8 Å². The van der Waals surface area contributed by atoms with Crippen LogP contribution in [0.3, 0.4) is 0 Å². The maximum atomic E-state index is 12.2. The average Bonchev–Trinajstić information content (AvgIpc) is 2.64. The third-order valence-corrected chi connectivity index (χ3v) is 5.90. The number of carbonyl (C=O) groups is 1. The number of hydrogen-bond acceptors (Lipinski definition) is 4. The number of hydrogen-bond donors (Lipinski definition) is 2. The molecule has 0 bridgehead atoms. The Kier molecular flexibility index (Phi) is 5.63. The number of carbonyl (C=O) groups excluding carboxylic acids is 1. The SMILES string of the molecule is O=C(CC1CCCCC1)N[C@H]1C[C@H](NCc2ccc3c(c2)OCCO3)C1. The van der Waals surface area contributed by atoms with Crippen LogP contribution in [-0.2, 0) is 11.3 Å². The highest BCUT2D eigenvalue weighted by atomic mass is 16.6. The minimum absolute atomic E-state index is 0.257. The number of fused-ring (bicyclic) bond motifs is 1. The molecule has 26 heavy (non-hydrogen) atoms. The van der Waals surface area contributed by atoms with Crippen molar-refractivity contribution in [3.8, 4) is 11.5 Å². The molecule has 2 aliphatic carbocycles. The molecule has 2 saturated carbocycles. The van der Waals surface area contributed by atoms with Crippen LogP contribution in [0.15, 0.2) is 18.2 Å². The first-order chi connectivity index (χ1) is 12.8. The van der Waals surface area contributed by atoms with Gasteiger partial charge in [-0.05, 0) is 49.3 Å². The van der Waals surface area contributed by atoms with Crippen LogP contribution in [0.25, 0.3) is 0 Å². The maximum absolute atomic E-state index is 12.2. The van der Waals surface area contributed by atoms with Gasteiger partial charge in [0.2, 0.25) is 5.91 Å². The van der Waals surface area contributed by atoms with Crippen molar-refractivity contribution in [3.63, 3.8) is 0 Å². The molecule has 0 aromatic heterocycles. The van der Waals surface area contributed by atoms with Crippen molar-refractivity contribution in [1.82, 2.24) is 10.6 Å². The van der Waals surface area contributed by atoms with Gasteiger partial charge >= 0.3 is 0 Å². The van der Waals surface area contributed by atoms with E-state index in [-0.39, 0.29) is 5.91 Å². The number of amides is 1. The largest absolute Gasteiger partial charge is 0.486 e. The summed E-state index contributed by atoms with van der Waals surface area (Å²) < 4.78 is 11.2. The van der Waals surface area contributed by atoms with E-state index < -0.39 is 0 Å². The summed E-state index contributed by atoms with van der Waals surface area (Å²) in [5, 5.41) is 6.80. The lowest BCUT2D eigenvalue weighted by atomic mass is 9.84. The Hall–Kier alpha value is -1.75. The van der Waals surface area contributed by atoms with E-state index in [1.165, 1.54) is 37.7 Å². The van der Waals surface area contributed by atoms with Gasteiger partial charge in [-0.25, -0.2) is 0 Å². The van der Waals surface area contributed by atoms with Crippen LogP contribution in [0.2, 0.25) is 0 Å². The summed E-state index contributed by atoms with van der Waals surface area (Å²) in [5.41, 5.74) is 1.21. The second-order valence-electron chi connectivity index (χ2n) is 8.00. The van der Waals surface area contributed by atoms with E-state index in [0.29, 0.717) is 31.2 Å². The number of benzene rings is 1. The molecule has 1 aromatic rings. The van der Waals surface area contributed by atoms with Crippen molar-refractivity contribution < 1.29 is 14.3 Å². The minimum Gasteiger partial charge on any atom is -0.486 e. The Morgan fingerprint density at radius 1 is 1.00 bits per heavy atom. The minimum atomic E-state index is 0.257. The number of nitrogens with one attached hydrogen (secondary N) is 2. The standard InChI is InChI=1S/C21H30N2O3/c24-21(11-15-4-2-1-3-5-15)23-18-12-17(13-18)22-14-16-6-7-19-20(10-16)26-9-8-25-19/h6-7,10,15,17-18,22H,1-5,8-9,11-14H2,(H,23,24)/t17-,18-. The zero-order chi connectivity index (χ0) is 17.8. The number of rotatable bonds is 6. The molecule has 0 radical (unpaired) electrons. The Morgan fingerprint density at radius 2 is 1.77 bits per heavy atom. The van der Waals surface area contributed by atoms with Gasteiger partial charge in [0, 0.05) is 25.0 Å². The molecule has 2 fully saturated rings. The van der Waals surface area contributed by atoms with Crippen LogP contribution >= 0.6 is 0 Å². The summed E-state index contributed by atoms with van der Waals surface area (Å²) in [6.45, 7) is 2.07. The normalized spacial score (nSPS) is 25.4. The second kappa shape index (κ2) is 8.30. The van der Waals surface area contributed by atoms with Crippen molar-refractivity contribution in [1.29, 1.82) is 0 Å². The monoisotopic (exact) mass is 358 g/mol. The summed E-state index contributed by atoms with van der Waals surface area (Å²) in [7, 11) is 0. The summed E-state index contributed by atoms with van der Waals surface area (Å²) >= 11 is 0. The fraction of sp³-hybridized carbons (Fsp3) is 0.667. The molecular weight excluding hydrogens is 328 g/mol. The predicted molar refractivity (Wildman–Crippen MR) is 100 cm³/mol. The van der Waals surface area contributed by atoms with Gasteiger partial charge in [-0.1, -0.05) is 25.3 Å². The van der Waals surface area contributed by atoms with E-state index in [1.54, 1.807) is 0 Å². The maximum Gasteiger partial charge on any atom is 0.220 e. The highest BCUT2D eigenvalue weighted by Gasteiger charge is 2.30. The van der Waals surface area contributed by atoms with E-state index in [9.17, 15) is 4.79 Å². The van der Waals surface area contributed by atoms with Gasteiger partial charge in [-0.3, -0.25) is 4.79 Å². The Bertz CT molecular complexity index is 622. The van der Waals surface area contributed by atoms with E-state index >= 15 is 0 Å². The molecule has 0 spiro atoms. The van der Waals surface area contributed by atoms with Crippen LogP contribution < -0.4 is 20.1 Å². The van der Waals surface area contributed by atoms with Crippen molar-refractivity contribution in [2.24, 2.45) is 5.92 Å². The highest BCUT2D eigenvalue weighted by Crippen LogP contribution is 2.31. The molecule has 1 aromatic carbocycles. The smallest absolute Gasteiger partial charge is 0.220 e. The van der Waals surface area contributed by atoms with Gasteiger partial charge in [-0.15, -0.1) is 0 Å². The lowest BCUT2D eigenvalue weighted by molar-refractivity contribution is -0.123. The molecular formula is C21H30N2O3. The van der Waals surface area contributed by atoms with Gasteiger partial charge in [0.25, 0.3) is 0 Å². The Morgan fingerprint density at radius 3 is 2.58 bits per heavy atom. The van der Waals surface area contributed by atoms with Gasteiger partial charge in [0.15, 0.2) is 11.5 Å². The van der Waals surface area contributed by atoms with Crippen LogP contribution in [-0.4, -0.2) is 31.2 Å². The summed E-state index contributed by atoms with van der Waals surface area (Å²) in [4.78, 5) is 12.2. The Balaban J connectivity index is 1.14. The molecule has 1 aliphatic heterocycles. The van der Waals surface area contributed by atoms with Gasteiger partial charge in [-0.2, -0.15) is 0 Å². The van der Waals surface area contributed by atoms with Gasteiger partial charge < -0.3 is 20.1 Å². The first-order valence-corrected chi connectivity index (χ1v) is 10.2. The fourth-order valence-corrected chi connectivity index (χ4v) is 4.30. The summed E-state index contributed by atoms with van der Waals surface area (Å²) in [5.74, 6) is 2.56. The second-order valence-corrected chi connectivity index (χ2v) is 8.00. The molecule has 4 rings (SSSR count). The topological polar surface area (TPSA) is 59.6 Å². The third-order valence-electron chi connectivity index (χ3n) is 5.90. The first kappa shape index (κ1) is 17.7. The first-order valence-electron chi connectivity index (χ1n) is 10.2. The molecule has 142 valence electrons. The van der Waals surface area contributed by atoms with E-state index in [4.69, 9.17) is 9.47 Å². The zero-order valence-corrected chi connectivity index (χ0v) is 15.5. The van der Waals surface area contributed by atoms with Crippen LogP contribution in [0.5, 0.6) is 11.5 Å². The molecule has 1 amide bonds. The Labute approximate surface area is 155 Å². The quantitative estimate of drug-likeness (QED) is 0.820. The van der Waals surface area contributed by atoms with Crippen molar-refractivity contribution in [2.45, 2.75) is 70.0 Å². The van der Waals surface area contributed by atoms with Crippen LogP contribution in [0, 0.1) is 5.92 Å². The average molecular weight is 358 g/mol. The van der Waals surface area contributed by atoms with Crippen molar-refractivity contribution in [3.05, 3.63) is 23.8 Å². The van der Waals surface area contributed by atoms with Crippen LogP contribution in [0.1, 0.15) is 56.9 Å².